The number of nitrogens with zero attached hydrogens (tertiary/aromatic N) is 3. The Kier molecular flexibility index (Phi) is 7.61. The van der Waals surface area contributed by atoms with E-state index in [1.54, 1.807) is 0 Å². The van der Waals surface area contributed by atoms with Gasteiger partial charge < -0.3 is 0 Å². The SMILES string of the molecule is O=[N+]([O-])c1ccc(Cl)c(CN2CCC(N(c3ccc(F)cc3)S(=O)(=O)c3ccc(Cl)cc3)CC2)c1. The molecule has 0 N–H and O–H groups in total. The number of sulfonamides is 1. The van der Waals surface area contributed by atoms with Crippen LogP contribution in [0.2, 0.25) is 10.0 Å². The van der Waals surface area contributed by atoms with Gasteiger partial charge in [-0.3, -0.25) is 19.3 Å². The minimum atomic E-state index is -3.94. The Bertz CT molecular complexity index is 1310. The third kappa shape index (κ3) is 5.75. The first-order chi connectivity index (χ1) is 16.6. The number of hydrogen-bond donors (Lipinski definition) is 0. The van der Waals surface area contributed by atoms with Gasteiger partial charge in [-0.1, -0.05) is 23.2 Å². The van der Waals surface area contributed by atoms with Gasteiger partial charge in [-0.25, -0.2) is 12.8 Å². The fourth-order valence-electron chi connectivity index (χ4n) is 4.20. The summed E-state index contributed by atoms with van der Waals surface area (Å²) in [5, 5.41) is 12.0. The van der Waals surface area contributed by atoms with Crippen molar-refractivity contribution in [1.29, 1.82) is 0 Å². The van der Waals surface area contributed by atoms with Crippen LogP contribution in [-0.4, -0.2) is 37.4 Å². The highest BCUT2D eigenvalue weighted by atomic mass is 35.5. The average Bonchev–Trinajstić information content (AvgIpc) is 2.83. The highest BCUT2D eigenvalue weighted by Gasteiger charge is 2.34. The van der Waals surface area contributed by atoms with Gasteiger partial charge in [0.25, 0.3) is 15.7 Å². The summed E-state index contributed by atoms with van der Waals surface area (Å²) in [5.74, 6) is -0.457. The predicted molar refractivity (Wildman–Crippen MR) is 134 cm³/mol. The molecule has 11 heteroatoms. The van der Waals surface area contributed by atoms with Crippen molar-refractivity contribution >= 4 is 44.6 Å². The van der Waals surface area contributed by atoms with E-state index in [1.807, 2.05) is 0 Å². The summed E-state index contributed by atoms with van der Waals surface area (Å²) < 4.78 is 42.2. The lowest BCUT2D eigenvalue weighted by atomic mass is 10.0. The predicted octanol–water partition coefficient (Wildman–Crippen LogP) is 5.90. The van der Waals surface area contributed by atoms with Crippen molar-refractivity contribution in [2.24, 2.45) is 0 Å². The average molecular weight is 538 g/mol. The van der Waals surface area contributed by atoms with Crippen molar-refractivity contribution < 1.29 is 17.7 Å². The quantitative estimate of drug-likeness (QED) is 0.276. The van der Waals surface area contributed by atoms with Crippen LogP contribution in [0.15, 0.2) is 71.6 Å². The van der Waals surface area contributed by atoms with Gasteiger partial charge in [0.1, 0.15) is 5.82 Å². The van der Waals surface area contributed by atoms with Gasteiger partial charge in [-0.15, -0.1) is 0 Å². The molecule has 0 spiro atoms. The van der Waals surface area contributed by atoms with Gasteiger partial charge in [-0.05, 0) is 73.0 Å². The maximum Gasteiger partial charge on any atom is 0.269 e. The second-order valence-electron chi connectivity index (χ2n) is 8.27. The van der Waals surface area contributed by atoms with Crippen molar-refractivity contribution in [3.8, 4) is 0 Å². The van der Waals surface area contributed by atoms with E-state index in [9.17, 15) is 22.9 Å². The van der Waals surface area contributed by atoms with Crippen molar-refractivity contribution in [3.05, 3.63) is 98.3 Å². The molecule has 0 atom stereocenters. The highest BCUT2D eigenvalue weighted by molar-refractivity contribution is 7.92. The van der Waals surface area contributed by atoms with Crippen molar-refractivity contribution in [1.82, 2.24) is 4.90 Å². The molecular weight excluding hydrogens is 516 g/mol. The Morgan fingerprint density at radius 2 is 1.63 bits per heavy atom. The number of anilines is 1. The van der Waals surface area contributed by atoms with Gasteiger partial charge in [-0.2, -0.15) is 0 Å². The molecule has 3 aromatic carbocycles. The summed E-state index contributed by atoms with van der Waals surface area (Å²) in [6.07, 6.45) is 1.02. The molecule has 3 aromatic rings. The first-order valence-electron chi connectivity index (χ1n) is 10.9. The normalized spacial score (nSPS) is 15.2. The molecule has 1 aliphatic rings. The number of nitro groups is 1. The van der Waals surface area contributed by atoms with Crippen LogP contribution in [0, 0.1) is 15.9 Å². The number of piperidine rings is 1. The van der Waals surface area contributed by atoms with Gasteiger partial charge >= 0.3 is 0 Å². The Morgan fingerprint density at radius 3 is 2.23 bits per heavy atom. The van der Waals surface area contributed by atoms with Crippen LogP contribution in [-0.2, 0) is 16.6 Å². The number of rotatable bonds is 7. The van der Waals surface area contributed by atoms with Crippen molar-refractivity contribution in [3.63, 3.8) is 0 Å². The summed E-state index contributed by atoms with van der Waals surface area (Å²) >= 11 is 12.2. The van der Waals surface area contributed by atoms with Crippen LogP contribution < -0.4 is 4.31 Å². The molecule has 0 unspecified atom stereocenters. The Labute approximate surface area is 212 Å². The van der Waals surface area contributed by atoms with E-state index >= 15 is 0 Å². The Morgan fingerprint density at radius 1 is 1.00 bits per heavy atom. The first kappa shape index (κ1) is 25.4. The lowest BCUT2D eigenvalue weighted by Gasteiger charge is -2.39. The first-order valence-corrected chi connectivity index (χ1v) is 13.1. The fraction of sp³-hybridized carbons (Fsp3) is 0.250. The number of non-ortho nitro benzene ring substituents is 1. The number of likely N-dealkylation sites (tertiary alicyclic amines) is 1. The zero-order valence-electron chi connectivity index (χ0n) is 18.5. The van der Waals surface area contributed by atoms with Crippen molar-refractivity contribution in [2.45, 2.75) is 30.3 Å². The molecule has 0 radical (unpaired) electrons. The largest absolute Gasteiger partial charge is 0.299 e. The Hall–Kier alpha value is -2.72. The van der Waals surface area contributed by atoms with Gasteiger partial charge in [0.2, 0.25) is 0 Å². The molecule has 1 aliphatic heterocycles. The van der Waals surface area contributed by atoms with Crippen LogP contribution in [0.3, 0.4) is 0 Å². The molecule has 1 fully saturated rings. The summed E-state index contributed by atoms with van der Waals surface area (Å²) in [7, 11) is -3.94. The molecule has 0 bridgehead atoms. The molecule has 0 amide bonds. The second kappa shape index (κ2) is 10.5. The summed E-state index contributed by atoms with van der Waals surface area (Å²) in [5.41, 5.74) is 0.987. The van der Waals surface area contributed by atoms with E-state index in [2.05, 4.69) is 4.90 Å². The molecule has 0 aromatic heterocycles. The lowest BCUT2D eigenvalue weighted by molar-refractivity contribution is -0.384. The van der Waals surface area contributed by atoms with Crippen LogP contribution in [0.4, 0.5) is 15.8 Å². The molecule has 184 valence electrons. The van der Waals surface area contributed by atoms with E-state index in [0.29, 0.717) is 53.8 Å². The van der Waals surface area contributed by atoms with E-state index in [4.69, 9.17) is 23.2 Å². The van der Waals surface area contributed by atoms with Gasteiger partial charge in [0, 0.05) is 47.9 Å². The molecule has 1 saturated heterocycles. The maximum atomic E-state index is 13.6. The topological polar surface area (TPSA) is 83.8 Å². The van der Waals surface area contributed by atoms with Crippen LogP contribution in [0.5, 0.6) is 0 Å². The Balaban J connectivity index is 1.56. The minimum absolute atomic E-state index is 0.0316. The fourth-order valence-corrected chi connectivity index (χ4v) is 6.22. The van der Waals surface area contributed by atoms with E-state index in [-0.39, 0.29) is 16.6 Å². The van der Waals surface area contributed by atoms with Gasteiger partial charge in [0.15, 0.2) is 0 Å². The highest BCUT2D eigenvalue weighted by Crippen LogP contribution is 2.32. The number of nitro benzene ring substituents is 1. The molecule has 4 rings (SSSR count). The third-order valence-electron chi connectivity index (χ3n) is 5.97. The third-order valence-corrected chi connectivity index (χ3v) is 8.49. The van der Waals surface area contributed by atoms with E-state index < -0.39 is 20.8 Å². The van der Waals surface area contributed by atoms with E-state index in [1.165, 1.54) is 71.0 Å². The molecular formula is C24H22Cl2FN3O4S. The smallest absolute Gasteiger partial charge is 0.269 e. The van der Waals surface area contributed by atoms with Crippen LogP contribution in [0.25, 0.3) is 0 Å². The van der Waals surface area contributed by atoms with Gasteiger partial charge in [0.05, 0.1) is 15.5 Å². The standard InChI is InChI=1S/C24H22Cl2FN3O4S/c25-18-1-8-23(9-2-18)35(33,34)29(20-5-3-19(27)4-6-20)21-11-13-28(14-12-21)16-17-15-22(30(31)32)7-10-24(17)26/h1-10,15,21H,11-14,16H2. The molecule has 7 nitrogen and oxygen atoms in total. The number of benzene rings is 3. The summed E-state index contributed by atoms with van der Waals surface area (Å²) in [6, 6.07) is 15.3. The molecule has 0 aliphatic carbocycles. The van der Waals surface area contributed by atoms with E-state index in [0.717, 1.165) is 0 Å². The summed E-state index contributed by atoms with van der Waals surface area (Å²) in [6.45, 7) is 1.52. The monoisotopic (exact) mass is 537 g/mol. The maximum absolute atomic E-state index is 13.6. The zero-order valence-corrected chi connectivity index (χ0v) is 20.8. The van der Waals surface area contributed by atoms with Crippen LogP contribution >= 0.6 is 23.2 Å². The molecule has 0 saturated carbocycles. The number of halogens is 3. The summed E-state index contributed by atoms with van der Waals surface area (Å²) in [4.78, 5) is 12.8. The zero-order chi connectivity index (χ0) is 25.2. The second-order valence-corrected chi connectivity index (χ2v) is 10.9. The van der Waals surface area contributed by atoms with Crippen molar-refractivity contribution in [2.75, 3.05) is 17.4 Å². The molecule has 35 heavy (non-hydrogen) atoms. The molecule has 1 heterocycles. The van der Waals surface area contributed by atoms with Crippen LogP contribution in [0.1, 0.15) is 18.4 Å². The number of hydrogen-bond acceptors (Lipinski definition) is 5. The minimum Gasteiger partial charge on any atom is -0.299 e. The lowest BCUT2D eigenvalue weighted by Crippen LogP contribution is -2.47.